The zero-order valence-electron chi connectivity index (χ0n) is 11.2. The second-order valence-corrected chi connectivity index (χ2v) is 6.72. The largest absolute Gasteiger partial charge is 0.453 e. The van der Waals surface area contributed by atoms with Crippen LogP contribution in [0.4, 0.5) is 4.39 Å². The standard InChI is InChI=1S/C13H9ClFN3O3S/c1-22(19,20)18-11-6-8(14)13(7-10(11)16-17-18)21-12-5-3-2-4-9(12)15/h2-7H,1H3. The van der Waals surface area contributed by atoms with Gasteiger partial charge < -0.3 is 4.74 Å². The third kappa shape index (κ3) is 2.62. The van der Waals surface area contributed by atoms with Crippen LogP contribution in [0.15, 0.2) is 36.4 Å². The molecule has 0 spiro atoms. The molecule has 6 nitrogen and oxygen atoms in total. The number of aromatic nitrogens is 3. The first-order valence-electron chi connectivity index (χ1n) is 6.04. The van der Waals surface area contributed by atoms with Crippen LogP contribution in [0.5, 0.6) is 11.5 Å². The highest BCUT2D eigenvalue weighted by molar-refractivity contribution is 7.89. The van der Waals surface area contributed by atoms with E-state index in [2.05, 4.69) is 10.3 Å². The van der Waals surface area contributed by atoms with Gasteiger partial charge in [-0.15, -0.1) is 9.19 Å². The van der Waals surface area contributed by atoms with Gasteiger partial charge in [0, 0.05) is 6.07 Å². The summed E-state index contributed by atoms with van der Waals surface area (Å²) in [5.41, 5.74) is 0.481. The number of halogens is 2. The maximum atomic E-state index is 13.6. The Morgan fingerprint density at radius 2 is 1.95 bits per heavy atom. The molecule has 0 aliphatic rings. The molecule has 3 aromatic rings. The third-order valence-electron chi connectivity index (χ3n) is 2.84. The summed E-state index contributed by atoms with van der Waals surface area (Å²) >= 11 is 6.07. The predicted molar refractivity (Wildman–Crippen MR) is 79.3 cm³/mol. The monoisotopic (exact) mass is 341 g/mol. The van der Waals surface area contributed by atoms with Gasteiger partial charge in [0.15, 0.2) is 11.6 Å². The Hall–Kier alpha value is -2.19. The topological polar surface area (TPSA) is 74.1 Å². The molecule has 1 aromatic heterocycles. The van der Waals surface area contributed by atoms with Gasteiger partial charge >= 0.3 is 0 Å². The van der Waals surface area contributed by atoms with Crippen LogP contribution >= 0.6 is 11.6 Å². The summed E-state index contributed by atoms with van der Waals surface area (Å²) in [4.78, 5) is 0. The van der Waals surface area contributed by atoms with E-state index in [1.54, 1.807) is 6.07 Å². The first-order chi connectivity index (χ1) is 10.4. The maximum absolute atomic E-state index is 13.6. The van der Waals surface area contributed by atoms with Gasteiger partial charge in [-0.3, -0.25) is 0 Å². The highest BCUT2D eigenvalue weighted by Crippen LogP contribution is 2.33. The molecule has 9 heteroatoms. The number of hydrogen-bond acceptors (Lipinski definition) is 5. The van der Waals surface area contributed by atoms with Gasteiger partial charge in [-0.05, 0) is 18.2 Å². The van der Waals surface area contributed by atoms with Gasteiger partial charge in [-0.25, -0.2) is 12.8 Å². The van der Waals surface area contributed by atoms with E-state index in [-0.39, 0.29) is 27.6 Å². The van der Waals surface area contributed by atoms with Crippen LogP contribution in [-0.4, -0.2) is 29.1 Å². The summed E-state index contributed by atoms with van der Waals surface area (Å²) in [5, 5.41) is 7.43. The molecular formula is C13H9ClFN3O3S. The average Bonchev–Trinajstić information content (AvgIpc) is 2.84. The molecule has 0 aliphatic heterocycles. The van der Waals surface area contributed by atoms with Crippen LogP contribution in [0, 0.1) is 5.82 Å². The van der Waals surface area contributed by atoms with Crippen molar-refractivity contribution in [1.82, 2.24) is 14.4 Å². The van der Waals surface area contributed by atoms with E-state index < -0.39 is 15.8 Å². The van der Waals surface area contributed by atoms with Crippen molar-refractivity contribution in [3.05, 3.63) is 47.2 Å². The molecule has 0 fully saturated rings. The summed E-state index contributed by atoms with van der Waals surface area (Å²) in [5.74, 6) is -0.391. The predicted octanol–water partition coefficient (Wildman–Crippen LogP) is 2.82. The second kappa shape index (κ2) is 5.22. The highest BCUT2D eigenvalue weighted by atomic mass is 35.5. The zero-order chi connectivity index (χ0) is 15.9. The van der Waals surface area contributed by atoms with Crippen molar-refractivity contribution in [1.29, 1.82) is 0 Å². The van der Waals surface area contributed by atoms with Crippen molar-refractivity contribution in [3.63, 3.8) is 0 Å². The van der Waals surface area contributed by atoms with Gasteiger partial charge in [0.05, 0.1) is 11.3 Å². The second-order valence-electron chi connectivity index (χ2n) is 4.50. The van der Waals surface area contributed by atoms with Crippen molar-refractivity contribution in [2.45, 2.75) is 0 Å². The molecule has 2 aromatic carbocycles. The summed E-state index contributed by atoms with van der Waals surface area (Å²) in [7, 11) is -3.60. The SMILES string of the molecule is CS(=O)(=O)n1nnc2cc(Oc3ccccc3F)c(Cl)cc21. The molecule has 0 atom stereocenters. The molecule has 0 amide bonds. The molecular weight excluding hydrogens is 333 g/mol. The lowest BCUT2D eigenvalue weighted by Crippen LogP contribution is -2.11. The Morgan fingerprint density at radius 3 is 2.64 bits per heavy atom. The van der Waals surface area contributed by atoms with Crippen LogP contribution < -0.4 is 4.74 Å². The molecule has 114 valence electrons. The molecule has 0 bridgehead atoms. The normalized spacial score (nSPS) is 11.8. The number of ether oxygens (including phenoxy) is 1. The van der Waals surface area contributed by atoms with Gasteiger partial charge in [-0.1, -0.05) is 28.9 Å². The fourth-order valence-corrected chi connectivity index (χ4v) is 2.74. The van der Waals surface area contributed by atoms with Gasteiger partial charge in [0.1, 0.15) is 16.8 Å². The first-order valence-corrected chi connectivity index (χ1v) is 8.27. The van der Waals surface area contributed by atoms with E-state index in [0.29, 0.717) is 0 Å². The van der Waals surface area contributed by atoms with Gasteiger partial charge in [0.25, 0.3) is 10.0 Å². The summed E-state index contributed by atoms with van der Waals surface area (Å²) in [6.45, 7) is 0. The summed E-state index contributed by atoms with van der Waals surface area (Å²) < 4.78 is 42.9. The van der Waals surface area contributed by atoms with Gasteiger partial charge in [-0.2, -0.15) is 0 Å². The molecule has 0 N–H and O–H groups in total. The quantitative estimate of drug-likeness (QED) is 0.732. The average molecular weight is 342 g/mol. The van der Waals surface area contributed by atoms with Crippen LogP contribution in [0.3, 0.4) is 0 Å². The minimum Gasteiger partial charge on any atom is -0.453 e. The fourth-order valence-electron chi connectivity index (χ4n) is 1.87. The Kier molecular flexibility index (Phi) is 3.50. The molecule has 0 aliphatic carbocycles. The van der Waals surface area contributed by atoms with Crippen LogP contribution in [0.1, 0.15) is 0 Å². The Labute approximate surface area is 130 Å². The van der Waals surface area contributed by atoms with Gasteiger partial charge in [0.2, 0.25) is 0 Å². The molecule has 0 saturated heterocycles. The first kappa shape index (κ1) is 14.7. The van der Waals surface area contributed by atoms with E-state index in [0.717, 1.165) is 10.3 Å². The van der Waals surface area contributed by atoms with Crippen molar-refractivity contribution >= 4 is 32.7 Å². The minimum absolute atomic E-state index is 0.000690. The smallest absolute Gasteiger partial charge is 0.252 e. The van der Waals surface area contributed by atoms with Crippen molar-refractivity contribution in [3.8, 4) is 11.5 Å². The molecule has 1 heterocycles. The van der Waals surface area contributed by atoms with E-state index in [1.165, 1.54) is 30.3 Å². The number of benzene rings is 2. The Balaban J connectivity index is 2.10. The van der Waals surface area contributed by atoms with Crippen molar-refractivity contribution in [2.24, 2.45) is 0 Å². The molecule has 22 heavy (non-hydrogen) atoms. The lowest BCUT2D eigenvalue weighted by molar-refractivity contribution is 0.443. The molecule has 3 rings (SSSR count). The zero-order valence-corrected chi connectivity index (χ0v) is 12.8. The third-order valence-corrected chi connectivity index (χ3v) is 4.03. The van der Waals surface area contributed by atoms with Crippen molar-refractivity contribution in [2.75, 3.05) is 6.26 Å². The minimum atomic E-state index is -3.60. The van der Waals surface area contributed by atoms with Crippen LogP contribution in [0.25, 0.3) is 11.0 Å². The Morgan fingerprint density at radius 1 is 1.23 bits per heavy atom. The fraction of sp³-hybridized carbons (Fsp3) is 0.0769. The number of para-hydroxylation sites is 1. The number of rotatable bonds is 3. The molecule has 0 saturated carbocycles. The maximum Gasteiger partial charge on any atom is 0.252 e. The van der Waals surface area contributed by atoms with E-state index in [9.17, 15) is 12.8 Å². The number of nitrogens with zero attached hydrogens (tertiary/aromatic N) is 3. The Bertz CT molecular complexity index is 972. The summed E-state index contributed by atoms with van der Waals surface area (Å²) in [6.07, 6.45) is 0.999. The van der Waals surface area contributed by atoms with Crippen molar-refractivity contribution < 1.29 is 17.5 Å². The number of hydrogen-bond donors (Lipinski definition) is 0. The van der Waals surface area contributed by atoms with Crippen LogP contribution in [-0.2, 0) is 10.0 Å². The summed E-state index contributed by atoms with van der Waals surface area (Å²) in [6, 6.07) is 8.60. The molecule has 0 radical (unpaired) electrons. The lowest BCUT2D eigenvalue weighted by atomic mass is 10.3. The highest BCUT2D eigenvalue weighted by Gasteiger charge is 2.17. The van der Waals surface area contributed by atoms with E-state index in [4.69, 9.17) is 16.3 Å². The number of fused-ring (bicyclic) bond motifs is 1. The molecule has 0 unspecified atom stereocenters. The lowest BCUT2D eigenvalue weighted by Gasteiger charge is -2.08. The van der Waals surface area contributed by atoms with Crippen LogP contribution in [0.2, 0.25) is 5.02 Å². The van der Waals surface area contributed by atoms with E-state index in [1.807, 2.05) is 0 Å². The van der Waals surface area contributed by atoms with E-state index >= 15 is 0 Å².